The third-order valence-corrected chi connectivity index (χ3v) is 4.56. The summed E-state index contributed by atoms with van der Waals surface area (Å²) in [5.74, 6) is 0.392. The molecule has 3 nitrogen and oxygen atoms in total. The van der Waals surface area contributed by atoms with Crippen LogP contribution in [0.15, 0.2) is 42.5 Å². The largest absolute Gasteiger partial charge is 0.497 e. The second kappa shape index (κ2) is 7.36. The van der Waals surface area contributed by atoms with Gasteiger partial charge in [0.2, 0.25) is 0 Å². The number of hydrogen-bond acceptors (Lipinski definition) is 2. The van der Waals surface area contributed by atoms with Crippen molar-refractivity contribution in [3.63, 3.8) is 0 Å². The number of halogens is 2. The zero-order valence-corrected chi connectivity index (χ0v) is 14.8. The first kappa shape index (κ1) is 17.0. The maximum Gasteiger partial charge on any atom is 0.173 e. The number of anilines is 1. The van der Waals surface area contributed by atoms with Gasteiger partial charge in [-0.1, -0.05) is 23.7 Å². The van der Waals surface area contributed by atoms with Crippen molar-refractivity contribution < 1.29 is 9.13 Å². The molecule has 0 amide bonds. The van der Waals surface area contributed by atoms with Crippen molar-refractivity contribution in [2.75, 3.05) is 12.4 Å². The summed E-state index contributed by atoms with van der Waals surface area (Å²) in [4.78, 5) is 2.16. The maximum atomic E-state index is 13.3. The van der Waals surface area contributed by atoms with Crippen LogP contribution in [0.2, 0.25) is 5.02 Å². The van der Waals surface area contributed by atoms with Crippen molar-refractivity contribution in [2.24, 2.45) is 0 Å². The third kappa shape index (κ3) is 4.16. The summed E-state index contributed by atoms with van der Waals surface area (Å²) in [5.41, 5.74) is 1.84. The third-order valence-electron chi connectivity index (χ3n) is 3.93. The van der Waals surface area contributed by atoms with Crippen molar-refractivity contribution in [3.05, 3.63) is 58.9 Å². The number of thiocarbonyl (C=S) groups is 1. The summed E-state index contributed by atoms with van der Waals surface area (Å²) < 4.78 is 18.5. The minimum atomic E-state index is -0.439. The average molecular weight is 365 g/mol. The van der Waals surface area contributed by atoms with Crippen molar-refractivity contribution in [1.82, 2.24) is 4.90 Å². The van der Waals surface area contributed by atoms with E-state index in [1.807, 2.05) is 24.3 Å². The molecule has 0 heterocycles. The Morgan fingerprint density at radius 2 is 2.00 bits per heavy atom. The highest BCUT2D eigenvalue weighted by Crippen LogP contribution is 2.30. The first-order valence-corrected chi connectivity index (χ1v) is 8.51. The van der Waals surface area contributed by atoms with Crippen molar-refractivity contribution in [3.8, 4) is 5.75 Å². The van der Waals surface area contributed by atoms with Gasteiger partial charge in [0.15, 0.2) is 5.11 Å². The van der Waals surface area contributed by atoms with Crippen LogP contribution in [0.5, 0.6) is 5.75 Å². The van der Waals surface area contributed by atoms with Crippen LogP contribution in [-0.2, 0) is 6.54 Å². The molecule has 2 aromatic rings. The fourth-order valence-electron chi connectivity index (χ4n) is 2.45. The lowest BCUT2D eigenvalue weighted by Crippen LogP contribution is -2.36. The van der Waals surface area contributed by atoms with E-state index >= 15 is 0 Å². The fourth-order valence-corrected chi connectivity index (χ4v) is 2.96. The molecule has 6 heteroatoms. The predicted molar refractivity (Wildman–Crippen MR) is 99.2 cm³/mol. The van der Waals surface area contributed by atoms with E-state index in [0.29, 0.717) is 16.8 Å². The first-order chi connectivity index (χ1) is 11.6. The van der Waals surface area contributed by atoms with Crippen molar-refractivity contribution in [1.29, 1.82) is 0 Å². The topological polar surface area (TPSA) is 24.5 Å². The smallest absolute Gasteiger partial charge is 0.173 e. The number of nitrogens with zero attached hydrogens (tertiary/aromatic N) is 1. The molecular weight excluding hydrogens is 347 g/mol. The van der Waals surface area contributed by atoms with Gasteiger partial charge >= 0.3 is 0 Å². The van der Waals surface area contributed by atoms with Gasteiger partial charge in [0.05, 0.1) is 12.1 Å². The zero-order chi connectivity index (χ0) is 17.1. The molecule has 0 unspecified atom stereocenters. The van der Waals surface area contributed by atoms with Gasteiger partial charge in [-0.3, -0.25) is 0 Å². The molecule has 1 fully saturated rings. The van der Waals surface area contributed by atoms with Gasteiger partial charge in [-0.2, -0.15) is 0 Å². The second-order valence-corrected chi connectivity index (χ2v) is 6.56. The Kier molecular flexibility index (Phi) is 5.21. The van der Waals surface area contributed by atoms with Gasteiger partial charge in [-0.15, -0.1) is 0 Å². The van der Waals surface area contributed by atoms with Gasteiger partial charge in [-0.05, 0) is 61.0 Å². The zero-order valence-electron chi connectivity index (χ0n) is 13.3. The molecule has 1 aliphatic carbocycles. The van der Waals surface area contributed by atoms with Crippen molar-refractivity contribution in [2.45, 2.75) is 25.4 Å². The van der Waals surface area contributed by atoms with E-state index in [1.54, 1.807) is 19.2 Å². The Bertz CT molecular complexity index is 734. The Balaban J connectivity index is 1.70. The molecule has 1 aliphatic rings. The Hall–Kier alpha value is -1.85. The molecule has 0 atom stereocenters. The second-order valence-electron chi connectivity index (χ2n) is 5.77. The molecule has 1 N–H and O–H groups in total. The van der Waals surface area contributed by atoms with E-state index in [2.05, 4.69) is 10.2 Å². The van der Waals surface area contributed by atoms with Gasteiger partial charge in [-0.25, -0.2) is 4.39 Å². The Morgan fingerprint density at radius 1 is 1.29 bits per heavy atom. The van der Waals surface area contributed by atoms with E-state index in [0.717, 1.165) is 30.7 Å². The molecule has 1 saturated carbocycles. The molecule has 0 aromatic heterocycles. The number of nitrogens with one attached hydrogen (secondary N) is 1. The van der Waals surface area contributed by atoms with Gasteiger partial charge in [0.25, 0.3) is 0 Å². The number of rotatable bonds is 5. The number of benzene rings is 2. The standard InChI is InChI=1S/C18H18ClFN2OS/c1-23-15-7-2-12(3-8-15)11-22(14-5-6-14)18(24)21-13-4-9-17(20)16(19)10-13/h2-4,7-10,14H,5-6,11H2,1H3,(H,21,24). The van der Waals surface area contributed by atoms with Crippen LogP contribution in [0.3, 0.4) is 0 Å². The normalized spacial score (nSPS) is 13.5. The van der Waals surface area contributed by atoms with Gasteiger partial charge in [0.1, 0.15) is 11.6 Å². The van der Waals surface area contributed by atoms with E-state index in [4.69, 9.17) is 28.6 Å². The van der Waals surface area contributed by atoms with Gasteiger partial charge in [0, 0.05) is 18.3 Å². The fraction of sp³-hybridized carbons (Fsp3) is 0.278. The Labute approximate surface area is 151 Å². The number of methoxy groups -OCH3 is 1. The molecule has 0 saturated heterocycles. The quantitative estimate of drug-likeness (QED) is 0.766. The van der Waals surface area contributed by atoms with Crippen LogP contribution in [-0.4, -0.2) is 23.2 Å². The summed E-state index contributed by atoms with van der Waals surface area (Å²) in [7, 11) is 1.65. The molecule has 0 bridgehead atoms. The van der Waals surface area contributed by atoms with E-state index in [9.17, 15) is 4.39 Å². The highest BCUT2D eigenvalue weighted by atomic mass is 35.5. The molecule has 0 aliphatic heterocycles. The molecule has 0 radical (unpaired) electrons. The predicted octanol–water partition coefficient (Wildman–Crippen LogP) is 4.85. The summed E-state index contributed by atoms with van der Waals surface area (Å²) in [6, 6.07) is 12.9. The maximum absolute atomic E-state index is 13.3. The van der Waals surface area contributed by atoms with Crippen LogP contribution in [0.25, 0.3) is 0 Å². The van der Waals surface area contributed by atoms with Crippen LogP contribution >= 0.6 is 23.8 Å². The number of ether oxygens (including phenoxy) is 1. The molecular formula is C18H18ClFN2OS. The highest BCUT2D eigenvalue weighted by Gasteiger charge is 2.30. The van der Waals surface area contributed by atoms with Crippen molar-refractivity contribution >= 4 is 34.6 Å². The lowest BCUT2D eigenvalue weighted by Gasteiger charge is -2.26. The van der Waals surface area contributed by atoms with Gasteiger partial charge < -0.3 is 15.0 Å². The molecule has 2 aromatic carbocycles. The summed E-state index contributed by atoms with van der Waals surface area (Å²) in [6.45, 7) is 0.718. The molecule has 24 heavy (non-hydrogen) atoms. The van der Waals surface area contributed by atoms with E-state index in [-0.39, 0.29) is 5.02 Å². The van der Waals surface area contributed by atoms with Crippen LogP contribution in [0.4, 0.5) is 10.1 Å². The minimum Gasteiger partial charge on any atom is -0.497 e. The monoisotopic (exact) mass is 364 g/mol. The Morgan fingerprint density at radius 3 is 2.58 bits per heavy atom. The van der Waals surface area contributed by atoms with E-state index < -0.39 is 5.82 Å². The average Bonchev–Trinajstić information content (AvgIpc) is 3.41. The number of hydrogen-bond donors (Lipinski definition) is 1. The minimum absolute atomic E-state index is 0.0796. The summed E-state index contributed by atoms with van der Waals surface area (Å²) >= 11 is 11.4. The lowest BCUT2D eigenvalue weighted by molar-refractivity contribution is 0.405. The van der Waals surface area contributed by atoms with Crippen LogP contribution in [0, 0.1) is 5.82 Å². The van der Waals surface area contributed by atoms with Crippen LogP contribution < -0.4 is 10.1 Å². The highest BCUT2D eigenvalue weighted by molar-refractivity contribution is 7.80. The summed E-state index contributed by atoms with van der Waals surface area (Å²) in [5, 5.41) is 3.86. The molecule has 0 spiro atoms. The lowest BCUT2D eigenvalue weighted by atomic mass is 10.2. The summed E-state index contributed by atoms with van der Waals surface area (Å²) in [6.07, 6.45) is 2.25. The molecule has 3 rings (SSSR count). The van der Waals surface area contributed by atoms with Crippen LogP contribution in [0.1, 0.15) is 18.4 Å². The first-order valence-electron chi connectivity index (χ1n) is 7.72. The van der Waals surface area contributed by atoms with E-state index in [1.165, 1.54) is 6.07 Å². The SMILES string of the molecule is COc1ccc(CN(C(=S)Nc2ccc(F)c(Cl)c2)C2CC2)cc1. The molecule has 126 valence electrons.